The monoisotopic (exact) mass is 258 g/mol. The molecule has 0 aliphatic rings. The highest BCUT2D eigenvalue weighted by Gasteiger charge is 2.16. The Balaban J connectivity index is 2.25. The molecule has 1 aromatic heterocycles. The SMILES string of the molecule is CC(Nc1ccc(C#N)c([N+](=O)[O-])c1)c1ncn[nH]1. The summed E-state index contributed by atoms with van der Waals surface area (Å²) in [6, 6.07) is 5.95. The van der Waals surface area contributed by atoms with Crippen molar-refractivity contribution in [2.24, 2.45) is 0 Å². The number of aromatic nitrogens is 3. The molecule has 1 heterocycles. The fraction of sp³-hybridized carbons (Fsp3) is 0.182. The first-order chi connectivity index (χ1) is 9.11. The van der Waals surface area contributed by atoms with Crippen LogP contribution in [0.3, 0.4) is 0 Å². The predicted octanol–water partition coefficient (Wildman–Crippen LogP) is 1.76. The van der Waals surface area contributed by atoms with E-state index in [1.54, 1.807) is 12.1 Å². The first-order valence-corrected chi connectivity index (χ1v) is 5.42. The first-order valence-electron chi connectivity index (χ1n) is 5.42. The average Bonchev–Trinajstić information content (AvgIpc) is 2.92. The van der Waals surface area contributed by atoms with E-state index >= 15 is 0 Å². The average molecular weight is 258 g/mol. The van der Waals surface area contributed by atoms with Gasteiger partial charge in [-0.2, -0.15) is 10.4 Å². The van der Waals surface area contributed by atoms with E-state index < -0.39 is 4.92 Å². The molecule has 0 radical (unpaired) electrons. The lowest BCUT2D eigenvalue weighted by Crippen LogP contribution is -2.08. The van der Waals surface area contributed by atoms with Crippen molar-refractivity contribution in [1.29, 1.82) is 5.26 Å². The Kier molecular flexibility index (Phi) is 3.38. The molecule has 0 amide bonds. The van der Waals surface area contributed by atoms with Gasteiger partial charge < -0.3 is 5.32 Å². The standard InChI is InChI=1S/C11H10N6O2/c1-7(11-13-6-14-16-11)15-9-3-2-8(5-12)10(4-9)17(18)19/h2-4,6-7,15H,1H3,(H,13,14,16). The molecule has 0 spiro atoms. The molecule has 2 rings (SSSR count). The van der Waals surface area contributed by atoms with Gasteiger partial charge in [0.1, 0.15) is 23.8 Å². The molecule has 1 atom stereocenters. The van der Waals surface area contributed by atoms with Gasteiger partial charge in [0.25, 0.3) is 5.69 Å². The van der Waals surface area contributed by atoms with Crippen LogP contribution in [0.15, 0.2) is 24.5 Å². The van der Waals surface area contributed by atoms with Gasteiger partial charge in [0, 0.05) is 11.8 Å². The van der Waals surface area contributed by atoms with Crippen molar-refractivity contribution in [3.05, 3.63) is 46.0 Å². The lowest BCUT2D eigenvalue weighted by atomic mass is 10.1. The predicted molar refractivity (Wildman–Crippen MR) is 66.2 cm³/mol. The second-order valence-corrected chi connectivity index (χ2v) is 3.84. The molecule has 0 fully saturated rings. The van der Waals surface area contributed by atoms with E-state index in [4.69, 9.17) is 5.26 Å². The number of H-pyrrole nitrogens is 1. The van der Waals surface area contributed by atoms with Gasteiger partial charge in [-0.3, -0.25) is 15.2 Å². The maximum Gasteiger partial charge on any atom is 0.289 e. The van der Waals surface area contributed by atoms with Gasteiger partial charge in [0.2, 0.25) is 0 Å². The Morgan fingerprint density at radius 2 is 2.37 bits per heavy atom. The number of nitriles is 1. The van der Waals surface area contributed by atoms with Crippen LogP contribution in [0.5, 0.6) is 0 Å². The minimum absolute atomic E-state index is 0.0304. The Labute approximate surface area is 108 Å². The third kappa shape index (κ3) is 2.66. The molecule has 8 nitrogen and oxygen atoms in total. The van der Waals surface area contributed by atoms with E-state index in [2.05, 4.69) is 20.5 Å². The van der Waals surface area contributed by atoms with Crippen LogP contribution in [-0.4, -0.2) is 20.1 Å². The number of aromatic amines is 1. The van der Waals surface area contributed by atoms with Crippen molar-refractivity contribution in [3.63, 3.8) is 0 Å². The lowest BCUT2D eigenvalue weighted by Gasteiger charge is -2.12. The summed E-state index contributed by atoms with van der Waals surface area (Å²) in [6.07, 6.45) is 1.38. The van der Waals surface area contributed by atoms with Gasteiger partial charge in [-0.15, -0.1) is 0 Å². The van der Waals surface area contributed by atoms with Gasteiger partial charge in [-0.25, -0.2) is 4.98 Å². The van der Waals surface area contributed by atoms with Crippen LogP contribution in [0.1, 0.15) is 24.4 Å². The van der Waals surface area contributed by atoms with E-state index in [0.717, 1.165) is 0 Å². The maximum absolute atomic E-state index is 10.8. The smallest absolute Gasteiger partial charge is 0.289 e. The van der Waals surface area contributed by atoms with Crippen LogP contribution < -0.4 is 5.32 Å². The minimum atomic E-state index is -0.581. The van der Waals surface area contributed by atoms with Crippen LogP contribution in [0, 0.1) is 21.4 Å². The number of nitrogens with zero attached hydrogens (tertiary/aromatic N) is 4. The Hall–Kier alpha value is -2.95. The zero-order valence-electron chi connectivity index (χ0n) is 9.99. The highest BCUT2D eigenvalue weighted by molar-refractivity contribution is 5.59. The molecule has 1 unspecified atom stereocenters. The second-order valence-electron chi connectivity index (χ2n) is 3.84. The van der Waals surface area contributed by atoms with E-state index in [1.807, 2.05) is 6.92 Å². The maximum atomic E-state index is 10.8. The highest BCUT2D eigenvalue weighted by Crippen LogP contribution is 2.24. The molecule has 96 valence electrons. The summed E-state index contributed by atoms with van der Waals surface area (Å²) in [5.41, 5.74) is 0.342. The molecule has 0 saturated heterocycles. The number of nitrogens with one attached hydrogen (secondary N) is 2. The third-order valence-electron chi connectivity index (χ3n) is 2.54. The van der Waals surface area contributed by atoms with Crippen molar-refractivity contribution in [2.45, 2.75) is 13.0 Å². The Bertz CT molecular complexity index is 631. The van der Waals surface area contributed by atoms with E-state index in [-0.39, 0.29) is 17.3 Å². The second kappa shape index (κ2) is 5.14. The van der Waals surface area contributed by atoms with Crippen LogP contribution in [0.25, 0.3) is 0 Å². The molecule has 0 bridgehead atoms. The molecule has 2 aromatic rings. The largest absolute Gasteiger partial charge is 0.375 e. The van der Waals surface area contributed by atoms with Gasteiger partial charge >= 0.3 is 0 Å². The molecule has 2 N–H and O–H groups in total. The number of hydrogen-bond donors (Lipinski definition) is 2. The lowest BCUT2D eigenvalue weighted by molar-refractivity contribution is -0.385. The molecule has 8 heteroatoms. The first kappa shape index (κ1) is 12.5. The summed E-state index contributed by atoms with van der Waals surface area (Å²) in [7, 11) is 0. The van der Waals surface area contributed by atoms with Gasteiger partial charge in [-0.1, -0.05) is 0 Å². The zero-order valence-corrected chi connectivity index (χ0v) is 9.99. The summed E-state index contributed by atoms with van der Waals surface area (Å²) in [5, 5.41) is 29.1. The van der Waals surface area contributed by atoms with Crippen molar-refractivity contribution < 1.29 is 4.92 Å². The molecule has 0 saturated carbocycles. The quantitative estimate of drug-likeness (QED) is 0.636. The zero-order chi connectivity index (χ0) is 13.8. The van der Waals surface area contributed by atoms with E-state index in [9.17, 15) is 10.1 Å². The van der Waals surface area contributed by atoms with Gasteiger partial charge in [0.15, 0.2) is 0 Å². The Morgan fingerprint density at radius 1 is 1.58 bits per heavy atom. The van der Waals surface area contributed by atoms with Crippen LogP contribution in [0.2, 0.25) is 0 Å². The van der Waals surface area contributed by atoms with Crippen LogP contribution in [0.4, 0.5) is 11.4 Å². The summed E-state index contributed by atoms with van der Waals surface area (Å²) < 4.78 is 0. The normalized spacial score (nSPS) is 11.6. The topological polar surface area (TPSA) is 121 Å². The summed E-state index contributed by atoms with van der Waals surface area (Å²) in [6.45, 7) is 1.84. The number of benzene rings is 1. The molecule has 0 aliphatic carbocycles. The molecular weight excluding hydrogens is 248 g/mol. The molecule has 1 aromatic carbocycles. The number of nitro groups is 1. The molecular formula is C11H10N6O2. The van der Waals surface area contributed by atoms with Crippen LogP contribution >= 0.6 is 0 Å². The van der Waals surface area contributed by atoms with E-state index in [0.29, 0.717) is 11.5 Å². The fourth-order valence-electron chi connectivity index (χ4n) is 1.61. The number of anilines is 1. The summed E-state index contributed by atoms with van der Waals surface area (Å²) >= 11 is 0. The number of nitro benzene ring substituents is 1. The summed E-state index contributed by atoms with van der Waals surface area (Å²) in [5.74, 6) is 0.618. The molecule has 0 aliphatic heterocycles. The number of rotatable bonds is 4. The Morgan fingerprint density at radius 3 is 2.95 bits per heavy atom. The van der Waals surface area contributed by atoms with Crippen LogP contribution in [-0.2, 0) is 0 Å². The minimum Gasteiger partial charge on any atom is -0.375 e. The third-order valence-corrected chi connectivity index (χ3v) is 2.54. The van der Waals surface area contributed by atoms with Gasteiger partial charge in [0.05, 0.1) is 11.0 Å². The molecule has 19 heavy (non-hydrogen) atoms. The van der Waals surface area contributed by atoms with Crippen molar-refractivity contribution >= 4 is 11.4 Å². The number of hydrogen-bond acceptors (Lipinski definition) is 6. The van der Waals surface area contributed by atoms with E-state index in [1.165, 1.54) is 18.5 Å². The van der Waals surface area contributed by atoms with Crippen molar-refractivity contribution in [2.75, 3.05) is 5.32 Å². The van der Waals surface area contributed by atoms with Crippen molar-refractivity contribution in [1.82, 2.24) is 15.2 Å². The fourth-order valence-corrected chi connectivity index (χ4v) is 1.61. The highest BCUT2D eigenvalue weighted by atomic mass is 16.6. The van der Waals surface area contributed by atoms with Crippen molar-refractivity contribution in [3.8, 4) is 6.07 Å². The van der Waals surface area contributed by atoms with Gasteiger partial charge in [-0.05, 0) is 19.1 Å². The summed E-state index contributed by atoms with van der Waals surface area (Å²) in [4.78, 5) is 14.3.